The molecular weight excluding hydrogens is 266 g/mol. The smallest absolute Gasteiger partial charge is 0.268 e. The molecule has 0 unspecified atom stereocenters. The van der Waals surface area contributed by atoms with Gasteiger partial charge >= 0.3 is 0 Å². The number of hydrogen-bond acceptors (Lipinski definition) is 3. The van der Waals surface area contributed by atoms with Crippen molar-refractivity contribution in [3.8, 4) is 0 Å². The molecule has 116 valence electrons. The van der Waals surface area contributed by atoms with E-state index in [4.69, 9.17) is 0 Å². The van der Waals surface area contributed by atoms with Crippen molar-refractivity contribution < 1.29 is 9.90 Å². The predicted molar refractivity (Wildman–Crippen MR) is 81.3 cm³/mol. The Kier molecular flexibility index (Phi) is 4.60. The summed E-state index contributed by atoms with van der Waals surface area (Å²) in [5.74, 6) is -0.0514. The normalized spacial score (nSPS) is 27.5. The maximum absolute atomic E-state index is 12.5. The van der Waals surface area contributed by atoms with Crippen molar-refractivity contribution in [1.82, 2.24) is 15.2 Å². The molecule has 0 radical (unpaired) electrons. The van der Waals surface area contributed by atoms with Gasteiger partial charge in [-0.2, -0.15) is 0 Å². The fourth-order valence-corrected chi connectivity index (χ4v) is 3.51. The first kappa shape index (κ1) is 14.6. The minimum absolute atomic E-state index is 0.0514. The van der Waals surface area contributed by atoms with Gasteiger partial charge in [0, 0.05) is 12.2 Å². The Morgan fingerprint density at radius 1 is 1.24 bits per heavy atom. The van der Waals surface area contributed by atoms with Crippen LogP contribution in [0.5, 0.6) is 0 Å². The number of aliphatic hydroxyl groups excluding tert-OH is 1. The Labute approximate surface area is 125 Å². The highest BCUT2D eigenvalue weighted by atomic mass is 16.3. The van der Waals surface area contributed by atoms with Crippen molar-refractivity contribution in [2.45, 2.75) is 56.7 Å². The van der Waals surface area contributed by atoms with Crippen LogP contribution in [-0.4, -0.2) is 40.8 Å². The number of aliphatic hydroxyl groups is 1. The molecule has 1 aliphatic carbocycles. The SMILES string of the molecule is O=C(N[C@H]1CCCC[C@@H]1O)c1cccn1C1CCNCC1. The van der Waals surface area contributed by atoms with Gasteiger partial charge in [-0.1, -0.05) is 12.8 Å². The Hall–Kier alpha value is -1.33. The first-order valence-corrected chi connectivity index (χ1v) is 8.12. The number of carbonyl (C=O) groups excluding carboxylic acids is 1. The van der Waals surface area contributed by atoms with Crippen LogP contribution in [0.2, 0.25) is 0 Å². The molecule has 3 N–H and O–H groups in total. The molecule has 1 aromatic rings. The van der Waals surface area contributed by atoms with E-state index in [-0.39, 0.29) is 11.9 Å². The van der Waals surface area contributed by atoms with Crippen LogP contribution < -0.4 is 10.6 Å². The van der Waals surface area contributed by atoms with Crippen LogP contribution in [0.1, 0.15) is 55.1 Å². The zero-order valence-corrected chi connectivity index (χ0v) is 12.4. The number of amides is 1. The zero-order chi connectivity index (χ0) is 14.7. The summed E-state index contributed by atoms with van der Waals surface area (Å²) < 4.78 is 2.10. The molecule has 5 nitrogen and oxygen atoms in total. The first-order valence-electron chi connectivity index (χ1n) is 8.12. The Morgan fingerprint density at radius 2 is 2.00 bits per heavy atom. The van der Waals surface area contributed by atoms with Gasteiger partial charge in [0.2, 0.25) is 0 Å². The number of piperidine rings is 1. The molecule has 21 heavy (non-hydrogen) atoms. The lowest BCUT2D eigenvalue weighted by molar-refractivity contribution is 0.0708. The first-order chi connectivity index (χ1) is 10.3. The third kappa shape index (κ3) is 3.30. The quantitative estimate of drug-likeness (QED) is 0.789. The van der Waals surface area contributed by atoms with Crippen molar-refractivity contribution in [2.24, 2.45) is 0 Å². The standard InChI is InChI=1S/C16H25N3O2/c20-15-6-2-1-4-13(15)18-16(21)14-5-3-11-19(14)12-7-9-17-10-8-12/h3,5,11-13,15,17,20H,1-2,4,6-10H2,(H,18,21)/t13-,15-/m0/s1. The zero-order valence-electron chi connectivity index (χ0n) is 12.4. The topological polar surface area (TPSA) is 66.3 Å². The molecule has 2 fully saturated rings. The third-order valence-corrected chi connectivity index (χ3v) is 4.76. The van der Waals surface area contributed by atoms with E-state index in [1.165, 1.54) is 0 Å². The Morgan fingerprint density at radius 3 is 2.76 bits per heavy atom. The second-order valence-electron chi connectivity index (χ2n) is 6.21. The summed E-state index contributed by atoms with van der Waals surface area (Å²) in [6, 6.07) is 4.13. The predicted octanol–water partition coefficient (Wildman–Crippen LogP) is 1.45. The molecule has 0 spiro atoms. The minimum Gasteiger partial charge on any atom is -0.391 e. The van der Waals surface area contributed by atoms with E-state index in [1.807, 2.05) is 18.3 Å². The van der Waals surface area contributed by atoms with E-state index in [1.54, 1.807) is 0 Å². The van der Waals surface area contributed by atoms with Crippen molar-refractivity contribution in [2.75, 3.05) is 13.1 Å². The molecule has 5 heteroatoms. The number of aromatic nitrogens is 1. The summed E-state index contributed by atoms with van der Waals surface area (Å²) in [6.45, 7) is 2.01. The molecule has 1 saturated carbocycles. The van der Waals surface area contributed by atoms with Crippen LogP contribution in [0.15, 0.2) is 18.3 Å². The van der Waals surface area contributed by atoms with Crippen molar-refractivity contribution in [1.29, 1.82) is 0 Å². The van der Waals surface area contributed by atoms with Crippen LogP contribution in [-0.2, 0) is 0 Å². The largest absolute Gasteiger partial charge is 0.391 e. The van der Waals surface area contributed by atoms with E-state index in [0.29, 0.717) is 6.04 Å². The fraction of sp³-hybridized carbons (Fsp3) is 0.688. The van der Waals surface area contributed by atoms with Crippen LogP contribution in [0, 0.1) is 0 Å². The van der Waals surface area contributed by atoms with Gasteiger partial charge in [-0.15, -0.1) is 0 Å². The average molecular weight is 291 g/mol. The summed E-state index contributed by atoms with van der Waals surface area (Å²) in [6.07, 6.45) is 7.52. The van der Waals surface area contributed by atoms with Gasteiger partial charge in [-0.3, -0.25) is 4.79 Å². The second kappa shape index (κ2) is 6.62. The van der Waals surface area contributed by atoms with Gasteiger partial charge < -0.3 is 20.3 Å². The van der Waals surface area contributed by atoms with E-state index < -0.39 is 6.10 Å². The molecule has 2 aliphatic rings. The van der Waals surface area contributed by atoms with E-state index in [0.717, 1.165) is 57.3 Å². The molecule has 1 saturated heterocycles. The minimum atomic E-state index is -0.398. The number of nitrogens with zero attached hydrogens (tertiary/aromatic N) is 1. The summed E-state index contributed by atoms with van der Waals surface area (Å²) in [7, 11) is 0. The number of nitrogens with one attached hydrogen (secondary N) is 2. The molecule has 3 rings (SSSR count). The number of rotatable bonds is 3. The van der Waals surface area contributed by atoms with Crippen molar-refractivity contribution in [3.63, 3.8) is 0 Å². The lowest BCUT2D eigenvalue weighted by Gasteiger charge is -2.29. The van der Waals surface area contributed by atoms with Gasteiger partial charge in [0.25, 0.3) is 5.91 Å². The molecule has 0 aromatic carbocycles. The molecular formula is C16H25N3O2. The van der Waals surface area contributed by atoms with Crippen LogP contribution in [0.3, 0.4) is 0 Å². The number of carbonyl (C=O) groups is 1. The lowest BCUT2D eigenvalue weighted by atomic mass is 9.92. The monoisotopic (exact) mass is 291 g/mol. The molecule has 2 atom stereocenters. The maximum Gasteiger partial charge on any atom is 0.268 e. The highest BCUT2D eigenvalue weighted by molar-refractivity contribution is 5.93. The average Bonchev–Trinajstić information content (AvgIpc) is 3.00. The van der Waals surface area contributed by atoms with Gasteiger partial charge in [0.1, 0.15) is 5.69 Å². The van der Waals surface area contributed by atoms with E-state index >= 15 is 0 Å². The molecule has 1 aromatic heterocycles. The molecule has 1 amide bonds. The fourth-order valence-electron chi connectivity index (χ4n) is 3.51. The van der Waals surface area contributed by atoms with Gasteiger partial charge in [0.05, 0.1) is 12.1 Å². The Balaban J connectivity index is 1.68. The summed E-state index contributed by atoms with van der Waals surface area (Å²) in [4.78, 5) is 12.5. The Bertz CT molecular complexity index is 480. The second-order valence-corrected chi connectivity index (χ2v) is 6.21. The van der Waals surface area contributed by atoms with Crippen molar-refractivity contribution in [3.05, 3.63) is 24.0 Å². The highest BCUT2D eigenvalue weighted by Gasteiger charge is 2.26. The van der Waals surface area contributed by atoms with E-state index in [9.17, 15) is 9.90 Å². The highest BCUT2D eigenvalue weighted by Crippen LogP contribution is 2.22. The summed E-state index contributed by atoms with van der Waals surface area (Å²) in [5, 5.41) is 16.4. The third-order valence-electron chi connectivity index (χ3n) is 4.76. The van der Waals surface area contributed by atoms with Gasteiger partial charge in [-0.05, 0) is 50.9 Å². The molecule has 1 aliphatic heterocycles. The van der Waals surface area contributed by atoms with E-state index in [2.05, 4.69) is 15.2 Å². The van der Waals surface area contributed by atoms with Crippen LogP contribution >= 0.6 is 0 Å². The molecule has 0 bridgehead atoms. The van der Waals surface area contributed by atoms with Crippen LogP contribution in [0.25, 0.3) is 0 Å². The summed E-state index contributed by atoms with van der Waals surface area (Å²) >= 11 is 0. The van der Waals surface area contributed by atoms with Gasteiger partial charge in [-0.25, -0.2) is 0 Å². The van der Waals surface area contributed by atoms with Gasteiger partial charge in [0.15, 0.2) is 0 Å². The molecule has 2 heterocycles. The number of hydrogen-bond donors (Lipinski definition) is 3. The lowest BCUT2D eigenvalue weighted by Crippen LogP contribution is -2.45. The van der Waals surface area contributed by atoms with Crippen LogP contribution in [0.4, 0.5) is 0 Å². The maximum atomic E-state index is 12.5. The van der Waals surface area contributed by atoms with Crippen molar-refractivity contribution >= 4 is 5.91 Å². The summed E-state index contributed by atoms with van der Waals surface area (Å²) in [5.41, 5.74) is 0.722.